The summed E-state index contributed by atoms with van der Waals surface area (Å²) in [6.07, 6.45) is 0.195. The van der Waals surface area contributed by atoms with Crippen LogP contribution in [0.4, 0.5) is 14.5 Å². The van der Waals surface area contributed by atoms with Gasteiger partial charge in [0.2, 0.25) is 5.91 Å². The number of carbonyl (C=O) groups is 1. The lowest BCUT2D eigenvalue weighted by molar-refractivity contribution is -0.116. The fraction of sp³-hybridized carbons (Fsp3) is 0.263. The van der Waals surface area contributed by atoms with Crippen LogP contribution in [-0.2, 0) is 11.3 Å². The highest BCUT2D eigenvalue weighted by atomic mass is 127. The van der Waals surface area contributed by atoms with Crippen molar-refractivity contribution in [3.05, 3.63) is 64.2 Å². The highest BCUT2D eigenvalue weighted by Crippen LogP contribution is 2.22. The first-order chi connectivity index (χ1) is 12.9. The number of hydrogen-bond donors (Lipinski definition) is 3. The minimum absolute atomic E-state index is 0. The van der Waals surface area contributed by atoms with Crippen LogP contribution in [0.3, 0.4) is 0 Å². The average Bonchev–Trinajstić information content (AvgIpc) is 2.64. The molecular formula is C19H22ClF2IN4O. The summed E-state index contributed by atoms with van der Waals surface area (Å²) in [6, 6.07) is 8.56. The average molecular weight is 523 g/mol. The van der Waals surface area contributed by atoms with Crippen LogP contribution in [0.5, 0.6) is 0 Å². The normalized spacial score (nSPS) is 10.8. The number of anilines is 1. The fourth-order valence-electron chi connectivity index (χ4n) is 2.33. The summed E-state index contributed by atoms with van der Waals surface area (Å²) in [5.41, 5.74) is 1.65. The number of carbonyl (C=O) groups excluding carboxylic acids is 1. The Morgan fingerprint density at radius 2 is 1.93 bits per heavy atom. The van der Waals surface area contributed by atoms with Gasteiger partial charge >= 0.3 is 0 Å². The Hall–Kier alpha value is -1.94. The first-order valence-electron chi connectivity index (χ1n) is 8.34. The highest BCUT2D eigenvalue weighted by molar-refractivity contribution is 14.0. The first kappa shape index (κ1) is 24.1. The predicted octanol–water partition coefficient (Wildman–Crippen LogP) is 4.24. The molecule has 2 aromatic carbocycles. The minimum Gasteiger partial charge on any atom is -0.356 e. The molecular weight excluding hydrogens is 501 g/mol. The molecule has 152 valence electrons. The molecule has 0 unspecified atom stereocenters. The van der Waals surface area contributed by atoms with E-state index in [1.807, 2.05) is 6.92 Å². The molecule has 2 aromatic rings. The summed E-state index contributed by atoms with van der Waals surface area (Å²) >= 11 is 6.03. The molecule has 0 fully saturated rings. The van der Waals surface area contributed by atoms with E-state index in [-0.39, 0.29) is 48.4 Å². The summed E-state index contributed by atoms with van der Waals surface area (Å²) in [4.78, 5) is 16.1. The third kappa shape index (κ3) is 7.23. The number of hydrogen-bond acceptors (Lipinski definition) is 2. The number of nitrogens with zero attached hydrogens (tertiary/aromatic N) is 1. The summed E-state index contributed by atoms with van der Waals surface area (Å²) < 4.78 is 26.8. The van der Waals surface area contributed by atoms with Crippen LogP contribution < -0.4 is 16.0 Å². The lowest BCUT2D eigenvalue weighted by Gasteiger charge is -2.13. The van der Waals surface area contributed by atoms with Crippen molar-refractivity contribution in [1.82, 2.24) is 10.6 Å². The Morgan fingerprint density at radius 3 is 2.64 bits per heavy atom. The van der Waals surface area contributed by atoms with Crippen LogP contribution in [-0.4, -0.2) is 25.5 Å². The van der Waals surface area contributed by atoms with E-state index in [0.29, 0.717) is 23.2 Å². The number of aliphatic imine (C=N–C) groups is 1. The molecule has 0 spiro atoms. The van der Waals surface area contributed by atoms with Gasteiger partial charge in [-0.15, -0.1) is 24.0 Å². The van der Waals surface area contributed by atoms with Gasteiger partial charge < -0.3 is 16.0 Å². The molecule has 5 nitrogen and oxygen atoms in total. The molecule has 0 aliphatic heterocycles. The van der Waals surface area contributed by atoms with E-state index in [2.05, 4.69) is 20.9 Å². The number of rotatable bonds is 6. The molecule has 0 aliphatic rings. The second kappa shape index (κ2) is 11.8. The summed E-state index contributed by atoms with van der Waals surface area (Å²) in [5, 5.41) is 9.21. The van der Waals surface area contributed by atoms with Crippen molar-refractivity contribution < 1.29 is 13.6 Å². The maximum atomic E-state index is 13.6. The standard InChI is InChI=1S/C19H21ClF2N4O.HI/c1-12-15(20)4-3-5-17(12)26-18(27)8-9-24-19(23-2)25-11-13-10-14(21)6-7-16(13)22;/h3-7,10H,8-9,11H2,1-2H3,(H,26,27)(H2,23,24,25);1H. The number of benzene rings is 2. The Labute approximate surface area is 185 Å². The molecule has 9 heteroatoms. The van der Waals surface area contributed by atoms with Gasteiger partial charge in [0.1, 0.15) is 11.6 Å². The van der Waals surface area contributed by atoms with E-state index in [4.69, 9.17) is 11.6 Å². The smallest absolute Gasteiger partial charge is 0.226 e. The van der Waals surface area contributed by atoms with E-state index in [1.165, 1.54) is 0 Å². The van der Waals surface area contributed by atoms with Gasteiger partial charge in [0, 0.05) is 42.8 Å². The minimum atomic E-state index is -0.510. The Kier molecular flexibility index (Phi) is 10.2. The first-order valence-corrected chi connectivity index (χ1v) is 8.72. The Morgan fingerprint density at radius 1 is 1.18 bits per heavy atom. The molecule has 0 atom stereocenters. The van der Waals surface area contributed by atoms with Gasteiger partial charge in [0.05, 0.1) is 0 Å². The molecule has 0 radical (unpaired) electrons. The molecule has 0 saturated heterocycles. The maximum absolute atomic E-state index is 13.6. The van der Waals surface area contributed by atoms with Gasteiger partial charge in [0.15, 0.2) is 5.96 Å². The number of guanidine groups is 1. The molecule has 0 saturated carbocycles. The number of halogens is 4. The van der Waals surface area contributed by atoms with Crippen LogP contribution in [0, 0.1) is 18.6 Å². The quantitative estimate of drug-likeness (QED) is 0.302. The van der Waals surface area contributed by atoms with Gasteiger partial charge in [-0.3, -0.25) is 9.79 Å². The van der Waals surface area contributed by atoms with Crippen LogP contribution in [0.2, 0.25) is 5.02 Å². The molecule has 28 heavy (non-hydrogen) atoms. The number of amides is 1. The second-order valence-electron chi connectivity index (χ2n) is 5.80. The highest BCUT2D eigenvalue weighted by Gasteiger charge is 2.08. The van der Waals surface area contributed by atoms with Crippen molar-refractivity contribution in [3.8, 4) is 0 Å². The zero-order valence-electron chi connectivity index (χ0n) is 15.5. The fourth-order valence-corrected chi connectivity index (χ4v) is 2.50. The van der Waals surface area contributed by atoms with Crippen molar-refractivity contribution in [3.63, 3.8) is 0 Å². The van der Waals surface area contributed by atoms with Gasteiger partial charge in [-0.2, -0.15) is 0 Å². The number of nitrogens with one attached hydrogen (secondary N) is 3. The summed E-state index contributed by atoms with van der Waals surface area (Å²) in [7, 11) is 1.55. The van der Waals surface area contributed by atoms with Gasteiger partial charge in [-0.1, -0.05) is 17.7 Å². The van der Waals surface area contributed by atoms with E-state index in [9.17, 15) is 13.6 Å². The zero-order chi connectivity index (χ0) is 19.8. The molecule has 2 rings (SSSR count). The molecule has 0 heterocycles. The predicted molar refractivity (Wildman–Crippen MR) is 119 cm³/mol. The monoisotopic (exact) mass is 522 g/mol. The summed E-state index contributed by atoms with van der Waals surface area (Å²) in [6.45, 7) is 2.21. The third-order valence-electron chi connectivity index (χ3n) is 3.86. The van der Waals surface area contributed by atoms with Crippen molar-refractivity contribution in [1.29, 1.82) is 0 Å². The lowest BCUT2D eigenvalue weighted by Crippen LogP contribution is -2.38. The van der Waals surface area contributed by atoms with E-state index < -0.39 is 11.6 Å². The lowest BCUT2D eigenvalue weighted by atomic mass is 10.2. The van der Waals surface area contributed by atoms with E-state index in [0.717, 1.165) is 23.8 Å². The SMILES string of the molecule is CN=C(NCCC(=O)Nc1cccc(Cl)c1C)NCc1cc(F)ccc1F.I. The molecule has 0 aromatic heterocycles. The molecule has 0 bridgehead atoms. The van der Waals surface area contributed by atoms with Crippen LogP contribution >= 0.6 is 35.6 Å². The van der Waals surface area contributed by atoms with E-state index in [1.54, 1.807) is 25.2 Å². The van der Waals surface area contributed by atoms with Gasteiger partial charge in [-0.25, -0.2) is 8.78 Å². The third-order valence-corrected chi connectivity index (χ3v) is 4.27. The van der Waals surface area contributed by atoms with Gasteiger partial charge in [0.25, 0.3) is 0 Å². The summed E-state index contributed by atoms with van der Waals surface area (Å²) in [5.74, 6) is -0.815. The largest absolute Gasteiger partial charge is 0.356 e. The molecule has 0 aliphatic carbocycles. The van der Waals surface area contributed by atoms with Crippen molar-refractivity contribution in [2.75, 3.05) is 18.9 Å². The maximum Gasteiger partial charge on any atom is 0.226 e. The Bertz CT molecular complexity index is 849. The molecule has 1 amide bonds. The van der Waals surface area contributed by atoms with Crippen molar-refractivity contribution >= 4 is 53.1 Å². The van der Waals surface area contributed by atoms with Crippen molar-refractivity contribution in [2.24, 2.45) is 4.99 Å². The Balaban J connectivity index is 0.00000392. The van der Waals surface area contributed by atoms with Crippen molar-refractivity contribution in [2.45, 2.75) is 19.9 Å². The second-order valence-corrected chi connectivity index (χ2v) is 6.21. The van der Waals surface area contributed by atoms with Crippen LogP contribution in [0.15, 0.2) is 41.4 Å². The zero-order valence-corrected chi connectivity index (χ0v) is 18.6. The van der Waals surface area contributed by atoms with E-state index >= 15 is 0 Å². The van der Waals surface area contributed by atoms with Crippen LogP contribution in [0.1, 0.15) is 17.5 Å². The van der Waals surface area contributed by atoms with Gasteiger partial charge in [-0.05, 0) is 42.8 Å². The molecule has 3 N–H and O–H groups in total. The van der Waals surface area contributed by atoms with Crippen LogP contribution in [0.25, 0.3) is 0 Å². The topological polar surface area (TPSA) is 65.5 Å².